The number of ether oxygens (including phenoxy) is 1. The first-order chi connectivity index (χ1) is 12.1. The molecule has 0 atom stereocenters. The van der Waals surface area contributed by atoms with Gasteiger partial charge in [0, 0.05) is 5.56 Å². The molecule has 25 heavy (non-hydrogen) atoms. The SMILES string of the molecule is CCc1ccc(OCn2cc(NC(=O)c3cccc(F)c3)cn2)cc1. The second-order valence-electron chi connectivity index (χ2n) is 5.50. The van der Waals surface area contributed by atoms with Gasteiger partial charge in [0.25, 0.3) is 5.91 Å². The van der Waals surface area contributed by atoms with E-state index in [1.54, 1.807) is 16.9 Å². The summed E-state index contributed by atoms with van der Waals surface area (Å²) in [6.45, 7) is 2.32. The Labute approximate surface area is 145 Å². The van der Waals surface area contributed by atoms with Crippen LogP contribution in [0.2, 0.25) is 0 Å². The van der Waals surface area contributed by atoms with Crippen molar-refractivity contribution in [3.05, 3.63) is 77.9 Å². The lowest BCUT2D eigenvalue weighted by Crippen LogP contribution is -2.11. The number of carbonyl (C=O) groups is 1. The standard InChI is InChI=1S/C19H18FN3O2/c1-2-14-6-8-18(9-7-14)25-13-23-12-17(11-21-23)22-19(24)15-4-3-5-16(20)10-15/h3-12H,2,13H2,1H3,(H,22,24). The van der Waals surface area contributed by atoms with Crippen molar-refractivity contribution in [2.24, 2.45) is 0 Å². The van der Waals surface area contributed by atoms with Crippen molar-refractivity contribution < 1.29 is 13.9 Å². The highest BCUT2D eigenvalue weighted by Gasteiger charge is 2.08. The maximum absolute atomic E-state index is 13.2. The minimum absolute atomic E-state index is 0.224. The number of nitrogens with zero attached hydrogens (tertiary/aromatic N) is 2. The van der Waals surface area contributed by atoms with E-state index in [-0.39, 0.29) is 12.3 Å². The third kappa shape index (κ3) is 4.44. The molecular weight excluding hydrogens is 321 g/mol. The van der Waals surface area contributed by atoms with Crippen LogP contribution in [0.5, 0.6) is 5.75 Å². The van der Waals surface area contributed by atoms with Crippen LogP contribution in [0, 0.1) is 5.82 Å². The molecule has 0 saturated carbocycles. The Morgan fingerprint density at radius 1 is 1.24 bits per heavy atom. The molecule has 0 saturated heterocycles. The average Bonchev–Trinajstić information content (AvgIpc) is 3.08. The Morgan fingerprint density at radius 3 is 2.76 bits per heavy atom. The quantitative estimate of drug-likeness (QED) is 0.742. The number of amides is 1. The van der Waals surface area contributed by atoms with Crippen molar-refractivity contribution in [3.8, 4) is 5.75 Å². The second kappa shape index (κ2) is 7.61. The first-order valence-corrected chi connectivity index (χ1v) is 7.95. The third-order valence-electron chi connectivity index (χ3n) is 3.67. The highest BCUT2D eigenvalue weighted by Crippen LogP contribution is 2.14. The number of benzene rings is 2. The maximum atomic E-state index is 13.2. The zero-order valence-corrected chi connectivity index (χ0v) is 13.8. The molecule has 0 unspecified atom stereocenters. The molecule has 0 radical (unpaired) electrons. The molecule has 0 bridgehead atoms. The molecule has 5 nitrogen and oxygen atoms in total. The molecule has 0 fully saturated rings. The molecule has 0 aliphatic heterocycles. The molecule has 6 heteroatoms. The summed E-state index contributed by atoms with van der Waals surface area (Å²) in [7, 11) is 0. The van der Waals surface area contributed by atoms with Gasteiger partial charge in [0.1, 0.15) is 11.6 Å². The van der Waals surface area contributed by atoms with Crippen molar-refractivity contribution in [1.29, 1.82) is 0 Å². The highest BCUT2D eigenvalue weighted by molar-refractivity contribution is 6.04. The van der Waals surface area contributed by atoms with Crippen LogP contribution < -0.4 is 10.1 Å². The zero-order valence-electron chi connectivity index (χ0n) is 13.8. The van der Waals surface area contributed by atoms with Crippen LogP contribution >= 0.6 is 0 Å². The minimum Gasteiger partial charge on any atom is -0.471 e. The fraction of sp³-hybridized carbons (Fsp3) is 0.158. The lowest BCUT2D eigenvalue weighted by molar-refractivity contribution is 0.102. The van der Waals surface area contributed by atoms with E-state index in [9.17, 15) is 9.18 Å². The monoisotopic (exact) mass is 339 g/mol. The first-order valence-electron chi connectivity index (χ1n) is 7.95. The Balaban J connectivity index is 1.57. The number of carbonyl (C=O) groups excluding carboxylic acids is 1. The van der Waals surface area contributed by atoms with E-state index >= 15 is 0 Å². The number of nitrogens with one attached hydrogen (secondary N) is 1. The molecule has 3 aromatic rings. The summed E-state index contributed by atoms with van der Waals surface area (Å²) in [4.78, 5) is 12.1. The molecule has 0 spiro atoms. The van der Waals surface area contributed by atoms with E-state index in [0.29, 0.717) is 5.69 Å². The van der Waals surface area contributed by atoms with Gasteiger partial charge in [-0.15, -0.1) is 0 Å². The lowest BCUT2D eigenvalue weighted by Gasteiger charge is -2.06. The summed E-state index contributed by atoms with van der Waals surface area (Å²) >= 11 is 0. The van der Waals surface area contributed by atoms with Gasteiger partial charge < -0.3 is 10.1 Å². The van der Waals surface area contributed by atoms with Crippen molar-refractivity contribution >= 4 is 11.6 Å². The van der Waals surface area contributed by atoms with E-state index in [1.165, 1.54) is 30.0 Å². The van der Waals surface area contributed by atoms with Gasteiger partial charge in [-0.3, -0.25) is 4.79 Å². The molecule has 1 aromatic heterocycles. The van der Waals surface area contributed by atoms with Crippen LogP contribution in [-0.2, 0) is 13.2 Å². The predicted molar refractivity (Wildman–Crippen MR) is 93.0 cm³/mol. The largest absolute Gasteiger partial charge is 0.471 e. The number of rotatable bonds is 6. The van der Waals surface area contributed by atoms with Gasteiger partial charge in [-0.05, 0) is 42.3 Å². The van der Waals surface area contributed by atoms with Crippen molar-refractivity contribution in [3.63, 3.8) is 0 Å². The third-order valence-corrected chi connectivity index (χ3v) is 3.67. The molecule has 0 aliphatic carbocycles. The minimum atomic E-state index is -0.453. The second-order valence-corrected chi connectivity index (χ2v) is 5.50. The summed E-state index contributed by atoms with van der Waals surface area (Å²) in [5, 5.41) is 6.81. The smallest absolute Gasteiger partial charge is 0.255 e. The van der Waals surface area contributed by atoms with Gasteiger partial charge in [-0.1, -0.05) is 25.1 Å². The number of aryl methyl sites for hydroxylation is 1. The van der Waals surface area contributed by atoms with Crippen LogP contribution in [0.3, 0.4) is 0 Å². The van der Waals surface area contributed by atoms with Crippen LogP contribution in [0.25, 0.3) is 0 Å². The topological polar surface area (TPSA) is 56.1 Å². The molecule has 1 heterocycles. The van der Waals surface area contributed by atoms with Crippen LogP contribution in [0.15, 0.2) is 60.9 Å². The van der Waals surface area contributed by atoms with Gasteiger partial charge in [-0.2, -0.15) is 5.10 Å². The Kier molecular flexibility index (Phi) is 5.09. The summed E-state index contributed by atoms with van der Waals surface area (Å²) in [6, 6.07) is 13.4. The van der Waals surface area contributed by atoms with Crippen molar-refractivity contribution in [2.45, 2.75) is 20.1 Å². The van der Waals surface area contributed by atoms with E-state index in [1.807, 2.05) is 24.3 Å². The number of hydrogen-bond donors (Lipinski definition) is 1. The number of aromatic nitrogens is 2. The normalized spacial score (nSPS) is 10.5. The van der Waals surface area contributed by atoms with Gasteiger partial charge >= 0.3 is 0 Å². The zero-order chi connectivity index (χ0) is 17.6. The molecule has 128 valence electrons. The molecule has 3 rings (SSSR count). The van der Waals surface area contributed by atoms with Gasteiger partial charge in [0.2, 0.25) is 0 Å². The molecular formula is C19H18FN3O2. The Hall–Kier alpha value is -3.15. The average molecular weight is 339 g/mol. The van der Waals surface area contributed by atoms with Crippen LogP contribution in [0.4, 0.5) is 10.1 Å². The lowest BCUT2D eigenvalue weighted by atomic mass is 10.2. The Bertz CT molecular complexity index is 859. The summed E-state index contributed by atoms with van der Waals surface area (Å²) in [6.07, 6.45) is 4.14. The van der Waals surface area contributed by atoms with E-state index in [2.05, 4.69) is 17.3 Å². The van der Waals surface area contributed by atoms with Crippen LogP contribution in [0.1, 0.15) is 22.8 Å². The van der Waals surface area contributed by atoms with Crippen molar-refractivity contribution in [1.82, 2.24) is 9.78 Å². The summed E-state index contributed by atoms with van der Waals surface area (Å²) in [5.74, 6) is -0.0981. The molecule has 1 N–H and O–H groups in total. The molecule has 1 amide bonds. The fourth-order valence-corrected chi connectivity index (χ4v) is 2.29. The van der Waals surface area contributed by atoms with Gasteiger partial charge in [0.15, 0.2) is 6.73 Å². The predicted octanol–water partition coefficient (Wildman–Crippen LogP) is 3.87. The van der Waals surface area contributed by atoms with E-state index in [4.69, 9.17) is 4.74 Å². The van der Waals surface area contributed by atoms with Crippen LogP contribution in [-0.4, -0.2) is 15.7 Å². The Morgan fingerprint density at radius 2 is 2.04 bits per heavy atom. The van der Waals surface area contributed by atoms with E-state index in [0.717, 1.165) is 12.2 Å². The van der Waals surface area contributed by atoms with Gasteiger partial charge in [0.05, 0.1) is 18.1 Å². The van der Waals surface area contributed by atoms with E-state index < -0.39 is 11.7 Å². The number of hydrogen-bond acceptors (Lipinski definition) is 3. The summed E-state index contributed by atoms with van der Waals surface area (Å²) in [5.41, 5.74) is 2.01. The highest BCUT2D eigenvalue weighted by atomic mass is 19.1. The summed E-state index contributed by atoms with van der Waals surface area (Å²) < 4.78 is 20.4. The maximum Gasteiger partial charge on any atom is 0.255 e. The molecule has 0 aliphatic rings. The number of anilines is 1. The molecule has 2 aromatic carbocycles. The number of halogens is 1. The fourth-order valence-electron chi connectivity index (χ4n) is 2.29. The first kappa shape index (κ1) is 16.7. The van der Waals surface area contributed by atoms with Crippen molar-refractivity contribution in [2.75, 3.05) is 5.32 Å². The van der Waals surface area contributed by atoms with Gasteiger partial charge in [-0.25, -0.2) is 9.07 Å².